The van der Waals surface area contributed by atoms with Gasteiger partial charge in [-0.3, -0.25) is 0 Å². The predicted molar refractivity (Wildman–Crippen MR) is 77.2 cm³/mol. The number of hydrogen-bond donors (Lipinski definition) is 1. The molecule has 0 saturated carbocycles. The zero-order valence-electron chi connectivity index (χ0n) is 10.8. The Hall–Kier alpha value is -2.13. The van der Waals surface area contributed by atoms with Gasteiger partial charge in [0.1, 0.15) is 5.65 Å². The Balaban J connectivity index is 2.04. The largest absolute Gasteiger partial charge is 0.330 e. The van der Waals surface area contributed by atoms with E-state index in [2.05, 4.69) is 34.9 Å². The third-order valence-corrected chi connectivity index (χ3v) is 3.31. The summed E-state index contributed by atoms with van der Waals surface area (Å²) in [5, 5.41) is 0. The third kappa shape index (κ3) is 2.37. The van der Waals surface area contributed by atoms with E-state index in [0.29, 0.717) is 6.54 Å². The van der Waals surface area contributed by atoms with E-state index >= 15 is 0 Å². The lowest BCUT2D eigenvalue weighted by Crippen LogP contribution is -2.07. The highest BCUT2D eigenvalue weighted by Crippen LogP contribution is 2.16. The number of aromatic nitrogens is 2. The van der Waals surface area contributed by atoms with Crippen LogP contribution in [0.25, 0.3) is 5.65 Å². The molecule has 0 spiro atoms. The lowest BCUT2D eigenvalue weighted by atomic mass is 10.1. The predicted octanol–water partition coefficient (Wildman–Crippen LogP) is 2.43. The zero-order valence-corrected chi connectivity index (χ0v) is 10.8. The van der Waals surface area contributed by atoms with Gasteiger partial charge in [-0.15, -0.1) is 0 Å². The van der Waals surface area contributed by atoms with Crippen LogP contribution in [-0.2, 0) is 12.8 Å². The molecule has 2 heterocycles. The second-order valence-corrected chi connectivity index (χ2v) is 4.64. The molecule has 3 aromatic rings. The molecule has 2 N–H and O–H groups in total. The normalized spacial score (nSPS) is 11.0. The molecule has 2 aromatic heterocycles. The Bertz CT molecular complexity index is 671. The smallest absolute Gasteiger partial charge is 0.137 e. The van der Waals surface area contributed by atoms with Gasteiger partial charge in [-0.2, -0.15) is 0 Å². The maximum absolute atomic E-state index is 5.73. The number of fused-ring (bicyclic) bond motifs is 1. The highest BCUT2D eigenvalue weighted by Gasteiger charge is 2.11. The van der Waals surface area contributed by atoms with Gasteiger partial charge in [0.2, 0.25) is 0 Å². The first kappa shape index (κ1) is 11.9. The molecule has 0 bridgehead atoms. The van der Waals surface area contributed by atoms with E-state index in [1.54, 1.807) is 0 Å². The molecular weight excluding hydrogens is 234 g/mol. The first-order valence-electron chi connectivity index (χ1n) is 6.57. The van der Waals surface area contributed by atoms with E-state index in [1.807, 2.05) is 24.3 Å². The Kier molecular flexibility index (Phi) is 3.29. The van der Waals surface area contributed by atoms with Crippen LogP contribution in [0.2, 0.25) is 0 Å². The lowest BCUT2D eigenvalue weighted by molar-refractivity contribution is 0.882. The van der Waals surface area contributed by atoms with Gasteiger partial charge in [0.15, 0.2) is 0 Å². The SMILES string of the molecule is NCCc1c(Cc2ccccc2)nc2ccccn12. The molecule has 96 valence electrons. The van der Waals surface area contributed by atoms with Gasteiger partial charge >= 0.3 is 0 Å². The van der Waals surface area contributed by atoms with E-state index in [4.69, 9.17) is 10.7 Å². The van der Waals surface area contributed by atoms with Crippen LogP contribution in [0.3, 0.4) is 0 Å². The fraction of sp³-hybridized carbons (Fsp3) is 0.188. The molecule has 0 aliphatic carbocycles. The Morgan fingerprint density at radius 3 is 2.58 bits per heavy atom. The molecule has 0 fully saturated rings. The van der Waals surface area contributed by atoms with Gasteiger partial charge in [-0.1, -0.05) is 36.4 Å². The summed E-state index contributed by atoms with van der Waals surface area (Å²) >= 11 is 0. The van der Waals surface area contributed by atoms with Crippen LogP contribution in [0.4, 0.5) is 0 Å². The van der Waals surface area contributed by atoms with E-state index in [0.717, 1.165) is 24.2 Å². The minimum atomic E-state index is 0.643. The maximum atomic E-state index is 5.73. The quantitative estimate of drug-likeness (QED) is 0.774. The van der Waals surface area contributed by atoms with Gasteiger partial charge in [0.25, 0.3) is 0 Å². The molecule has 0 saturated heterocycles. The van der Waals surface area contributed by atoms with Crippen LogP contribution in [0.1, 0.15) is 17.0 Å². The van der Waals surface area contributed by atoms with Gasteiger partial charge in [0.05, 0.1) is 5.69 Å². The summed E-state index contributed by atoms with van der Waals surface area (Å²) in [5.74, 6) is 0. The molecular formula is C16H17N3. The summed E-state index contributed by atoms with van der Waals surface area (Å²) in [6.45, 7) is 0.643. The number of nitrogens with zero attached hydrogens (tertiary/aromatic N) is 2. The standard InChI is InChI=1S/C16H17N3/c17-10-9-15-14(12-13-6-2-1-3-7-13)18-16-8-4-5-11-19(15)16/h1-8,11H,9-10,12,17H2. The summed E-state index contributed by atoms with van der Waals surface area (Å²) < 4.78 is 2.14. The minimum Gasteiger partial charge on any atom is -0.330 e. The first-order valence-corrected chi connectivity index (χ1v) is 6.57. The lowest BCUT2D eigenvalue weighted by Gasteiger charge is -2.03. The van der Waals surface area contributed by atoms with Crippen LogP contribution in [0.5, 0.6) is 0 Å². The summed E-state index contributed by atoms with van der Waals surface area (Å²) in [4.78, 5) is 4.73. The van der Waals surface area contributed by atoms with E-state index < -0.39 is 0 Å². The molecule has 0 atom stereocenters. The second-order valence-electron chi connectivity index (χ2n) is 4.64. The van der Waals surface area contributed by atoms with Crippen molar-refractivity contribution in [3.63, 3.8) is 0 Å². The topological polar surface area (TPSA) is 43.3 Å². The fourth-order valence-electron chi connectivity index (χ4n) is 2.43. The van der Waals surface area contributed by atoms with Crippen LogP contribution in [-0.4, -0.2) is 15.9 Å². The molecule has 0 aliphatic rings. The molecule has 0 aliphatic heterocycles. The van der Waals surface area contributed by atoms with Gasteiger partial charge in [0, 0.05) is 24.7 Å². The van der Waals surface area contributed by atoms with E-state index in [1.165, 1.54) is 11.3 Å². The number of rotatable bonds is 4. The molecule has 19 heavy (non-hydrogen) atoms. The van der Waals surface area contributed by atoms with Crippen LogP contribution in [0, 0.1) is 0 Å². The fourth-order valence-corrected chi connectivity index (χ4v) is 2.43. The Labute approximate surface area is 112 Å². The van der Waals surface area contributed by atoms with Gasteiger partial charge < -0.3 is 10.1 Å². The number of imidazole rings is 1. The van der Waals surface area contributed by atoms with E-state index in [-0.39, 0.29) is 0 Å². The monoisotopic (exact) mass is 251 g/mol. The Morgan fingerprint density at radius 1 is 1.00 bits per heavy atom. The van der Waals surface area contributed by atoms with Crippen molar-refractivity contribution in [2.24, 2.45) is 5.73 Å². The molecule has 1 aromatic carbocycles. The number of nitrogens with two attached hydrogens (primary N) is 1. The minimum absolute atomic E-state index is 0.643. The highest BCUT2D eigenvalue weighted by atomic mass is 15.0. The highest BCUT2D eigenvalue weighted by molar-refractivity contribution is 5.44. The van der Waals surface area contributed by atoms with Crippen molar-refractivity contribution in [1.82, 2.24) is 9.38 Å². The summed E-state index contributed by atoms with van der Waals surface area (Å²) in [6.07, 6.45) is 3.77. The van der Waals surface area contributed by atoms with Crippen LogP contribution < -0.4 is 5.73 Å². The molecule has 0 unspecified atom stereocenters. The summed E-state index contributed by atoms with van der Waals surface area (Å²) in [7, 11) is 0. The van der Waals surface area contributed by atoms with Crippen molar-refractivity contribution >= 4 is 5.65 Å². The molecule has 3 nitrogen and oxygen atoms in total. The number of pyridine rings is 1. The first-order chi connectivity index (χ1) is 9.38. The van der Waals surface area contributed by atoms with Crippen molar-refractivity contribution in [3.05, 3.63) is 71.7 Å². The van der Waals surface area contributed by atoms with Gasteiger partial charge in [-0.25, -0.2) is 4.98 Å². The number of benzene rings is 1. The van der Waals surface area contributed by atoms with Crippen LogP contribution in [0.15, 0.2) is 54.7 Å². The second kappa shape index (κ2) is 5.24. The summed E-state index contributed by atoms with van der Waals surface area (Å²) in [5.41, 5.74) is 10.4. The van der Waals surface area contributed by atoms with Gasteiger partial charge in [-0.05, 0) is 24.2 Å². The maximum Gasteiger partial charge on any atom is 0.137 e. The van der Waals surface area contributed by atoms with Crippen molar-refractivity contribution in [3.8, 4) is 0 Å². The van der Waals surface area contributed by atoms with Crippen molar-refractivity contribution in [2.75, 3.05) is 6.54 Å². The van der Waals surface area contributed by atoms with E-state index in [9.17, 15) is 0 Å². The van der Waals surface area contributed by atoms with Crippen molar-refractivity contribution in [2.45, 2.75) is 12.8 Å². The number of hydrogen-bond acceptors (Lipinski definition) is 2. The molecule has 3 heteroatoms. The summed E-state index contributed by atoms with van der Waals surface area (Å²) in [6, 6.07) is 16.5. The average Bonchev–Trinajstić information content (AvgIpc) is 2.79. The Morgan fingerprint density at radius 2 is 1.79 bits per heavy atom. The third-order valence-electron chi connectivity index (χ3n) is 3.31. The molecule has 0 radical (unpaired) electrons. The van der Waals surface area contributed by atoms with Crippen molar-refractivity contribution in [1.29, 1.82) is 0 Å². The zero-order chi connectivity index (χ0) is 13.1. The molecule has 3 rings (SSSR count). The average molecular weight is 251 g/mol. The van der Waals surface area contributed by atoms with Crippen LogP contribution >= 0.6 is 0 Å². The molecule has 0 amide bonds. The van der Waals surface area contributed by atoms with Crippen molar-refractivity contribution < 1.29 is 0 Å².